The van der Waals surface area contributed by atoms with Gasteiger partial charge in [0.15, 0.2) is 5.69 Å². The molecule has 0 atom stereocenters. The molecule has 3 aromatic rings. The molecule has 0 spiro atoms. The number of nitriles is 1. The van der Waals surface area contributed by atoms with E-state index >= 15 is 0 Å². The van der Waals surface area contributed by atoms with Gasteiger partial charge in [-0.3, -0.25) is 4.79 Å². The molecular formula is C20H22N4O2. The Morgan fingerprint density at radius 1 is 1.19 bits per heavy atom. The van der Waals surface area contributed by atoms with Crippen LogP contribution in [0.25, 0.3) is 5.52 Å². The third kappa shape index (κ3) is 4.45. The van der Waals surface area contributed by atoms with Gasteiger partial charge in [0.2, 0.25) is 5.88 Å². The van der Waals surface area contributed by atoms with Crippen molar-refractivity contribution in [3.05, 3.63) is 59.5 Å². The van der Waals surface area contributed by atoms with Crippen molar-refractivity contribution in [2.75, 3.05) is 0 Å². The van der Waals surface area contributed by atoms with Crippen LogP contribution in [0.1, 0.15) is 50.4 Å². The molecule has 0 aliphatic heterocycles. The van der Waals surface area contributed by atoms with E-state index in [2.05, 4.69) is 36.3 Å². The topological polar surface area (TPSA) is 80.3 Å². The highest BCUT2D eigenvalue weighted by molar-refractivity contribution is 5.78. The van der Waals surface area contributed by atoms with Crippen LogP contribution in [0, 0.1) is 11.3 Å². The summed E-state index contributed by atoms with van der Waals surface area (Å²) in [4.78, 5) is 12.1. The number of fused-ring (bicyclic) bond motifs is 1. The van der Waals surface area contributed by atoms with Gasteiger partial charge in [-0.1, -0.05) is 33.8 Å². The molecule has 0 unspecified atom stereocenters. The normalized spacial score (nSPS) is 10.2. The Bertz CT molecular complexity index is 921. The summed E-state index contributed by atoms with van der Waals surface area (Å²) in [6, 6.07) is 10.8. The van der Waals surface area contributed by atoms with Crippen LogP contribution < -0.4 is 4.74 Å². The molecule has 0 radical (unpaired) electrons. The molecule has 26 heavy (non-hydrogen) atoms. The van der Waals surface area contributed by atoms with Gasteiger partial charge in [0.05, 0.1) is 6.42 Å². The van der Waals surface area contributed by atoms with E-state index in [1.165, 1.54) is 17.7 Å². The monoisotopic (exact) mass is 350 g/mol. The smallest absolute Gasteiger partial charge is 0.317 e. The number of nitrogens with zero attached hydrogens (tertiary/aromatic N) is 4. The predicted molar refractivity (Wildman–Crippen MR) is 98.9 cm³/mol. The van der Waals surface area contributed by atoms with E-state index in [-0.39, 0.29) is 18.0 Å². The van der Waals surface area contributed by atoms with Crippen molar-refractivity contribution in [2.45, 2.75) is 40.0 Å². The lowest BCUT2D eigenvalue weighted by Gasteiger charge is -2.07. The third-order valence-corrected chi connectivity index (χ3v) is 3.74. The fraction of sp³-hybridized carbons (Fsp3) is 0.300. The van der Waals surface area contributed by atoms with Crippen molar-refractivity contribution in [3.63, 3.8) is 0 Å². The lowest BCUT2D eigenvalue weighted by molar-refractivity contribution is -0.133. The Kier molecular flexibility index (Phi) is 6.45. The minimum Gasteiger partial charge on any atom is -0.406 e. The lowest BCUT2D eigenvalue weighted by atomic mass is 10.1. The van der Waals surface area contributed by atoms with Crippen molar-refractivity contribution in [1.82, 2.24) is 14.6 Å². The van der Waals surface area contributed by atoms with Crippen LogP contribution in [0.4, 0.5) is 0 Å². The van der Waals surface area contributed by atoms with E-state index in [1.54, 1.807) is 0 Å². The van der Waals surface area contributed by atoms with Gasteiger partial charge in [0.1, 0.15) is 6.07 Å². The zero-order valence-corrected chi connectivity index (χ0v) is 15.4. The average Bonchev–Trinajstić information content (AvgIpc) is 3.06. The van der Waals surface area contributed by atoms with E-state index in [0.717, 1.165) is 11.1 Å². The quantitative estimate of drug-likeness (QED) is 0.667. The first kappa shape index (κ1) is 19.1. The zero-order chi connectivity index (χ0) is 19.1. The molecule has 0 fully saturated rings. The number of carbonyl (C=O) groups is 1. The summed E-state index contributed by atoms with van der Waals surface area (Å²) in [5, 5.41) is 16.0. The Hall–Kier alpha value is -3.20. The van der Waals surface area contributed by atoms with E-state index < -0.39 is 5.97 Å². The number of ether oxygens (including phenoxy) is 1. The van der Waals surface area contributed by atoms with Gasteiger partial charge >= 0.3 is 5.97 Å². The second-order valence-corrected chi connectivity index (χ2v) is 5.77. The summed E-state index contributed by atoms with van der Waals surface area (Å²) >= 11 is 0. The first-order chi connectivity index (χ1) is 12.6. The van der Waals surface area contributed by atoms with Crippen LogP contribution in [-0.2, 0) is 11.2 Å². The molecule has 0 aromatic carbocycles. The second kappa shape index (κ2) is 8.77. The van der Waals surface area contributed by atoms with E-state index in [9.17, 15) is 4.79 Å². The highest BCUT2D eigenvalue weighted by atomic mass is 16.5. The van der Waals surface area contributed by atoms with Crippen LogP contribution >= 0.6 is 0 Å². The van der Waals surface area contributed by atoms with Crippen LogP contribution in [0.3, 0.4) is 0 Å². The summed E-state index contributed by atoms with van der Waals surface area (Å²) < 4.78 is 7.18. The molecule has 0 bridgehead atoms. The van der Waals surface area contributed by atoms with Crippen LogP contribution in [0.2, 0.25) is 0 Å². The molecule has 0 aliphatic rings. The van der Waals surface area contributed by atoms with Gasteiger partial charge in [-0.05, 0) is 35.2 Å². The molecule has 6 nitrogen and oxygen atoms in total. The first-order valence-corrected chi connectivity index (χ1v) is 8.61. The van der Waals surface area contributed by atoms with Crippen molar-refractivity contribution in [2.24, 2.45) is 0 Å². The minimum atomic E-state index is -0.421. The van der Waals surface area contributed by atoms with Crippen molar-refractivity contribution >= 4 is 11.5 Å². The Morgan fingerprint density at radius 2 is 1.96 bits per heavy atom. The number of aromatic nitrogens is 3. The largest absolute Gasteiger partial charge is 0.406 e. The van der Waals surface area contributed by atoms with Crippen LogP contribution in [0.15, 0.2) is 42.7 Å². The summed E-state index contributed by atoms with van der Waals surface area (Å²) in [5.41, 5.74) is 3.27. The number of carbonyl (C=O) groups excluding carboxylic acids is 1. The zero-order valence-electron chi connectivity index (χ0n) is 15.4. The summed E-state index contributed by atoms with van der Waals surface area (Å²) in [6.45, 7) is 8.28. The molecule has 0 saturated carbocycles. The average molecular weight is 350 g/mol. The SMILES string of the molecule is CC.CC(C)c1ccc2c(CC(=O)Oc3ccc(C#N)nn3)ccn2c1. The molecule has 0 saturated heterocycles. The Morgan fingerprint density at radius 3 is 2.58 bits per heavy atom. The molecule has 3 heterocycles. The standard InChI is InChI=1S/C18H16N4O2.C2H6/c1-12(2)14-3-5-16-13(7-8-22(16)11-14)9-18(23)24-17-6-4-15(10-19)20-21-17;1-2/h3-8,11-12H,9H2,1-2H3;1-2H3. The van der Waals surface area contributed by atoms with E-state index in [1.807, 2.05) is 42.6 Å². The molecule has 0 amide bonds. The molecule has 3 aromatic heterocycles. The van der Waals surface area contributed by atoms with Gasteiger partial charge < -0.3 is 9.14 Å². The van der Waals surface area contributed by atoms with Crippen molar-refractivity contribution < 1.29 is 9.53 Å². The first-order valence-electron chi connectivity index (χ1n) is 8.61. The Labute approximate surface area is 153 Å². The highest BCUT2D eigenvalue weighted by Gasteiger charge is 2.12. The van der Waals surface area contributed by atoms with Gasteiger partial charge in [0, 0.05) is 24.0 Å². The van der Waals surface area contributed by atoms with Crippen molar-refractivity contribution in [3.8, 4) is 11.9 Å². The maximum absolute atomic E-state index is 12.1. The van der Waals surface area contributed by atoms with Gasteiger partial charge in [-0.15, -0.1) is 10.2 Å². The van der Waals surface area contributed by atoms with Gasteiger partial charge in [-0.2, -0.15) is 5.26 Å². The summed E-state index contributed by atoms with van der Waals surface area (Å²) in [5.74, 6) is 0.111. The molecule has 0 N–H and O–H groups in total. The van der Waals surface area contributed by atoms with Crippen LogP contribution in [-0.4, -0.2) is 20.6 Å². The summed E-state index contributed by atoms with van der Waals surface area (Å²) in [7, 11) is 0. The molecule has 3 rings (SSSR count). The van der Waals surface area contributed by atoms with E-state index in [0.29, 0.717) is 5.92 Å². The molecular weight excluding hydrogens is 328 g/mol. The second-order valence-electron chi connectivity index (χ2n) is 5.77. The maximum Gasteiger partial charge on any atom is 0.317 e. The number of hydrogen-bond acceptors (Lipinski definition) is 5. The van der Waals surface area contributed by atoms with Crippen molar-refractivity contribution in [1.29, 1.82) is 5.26 Å². The third-order valence-electron chi connectivity index (χ3n) is 3.74. The Balaban J connectivity index is 0.00000117. The number of rotatable bonds is 4. The minimum absolute atomic E-state index is 0.0876. The summed E-state index contributed by atoms with van der Waals surface area (Å²) in [6.07, 6.45) is 4.14. The number of esters is 1. The highest BCUT2D eigenvalue weighted by Crippen LogP contribution is 2.19. The number of hydrogen-bond donors (Lipinski definition) is 0. The molecule has 134 valence electrons. The molecule has 6 heteroatoms. The van der Waals surface area contributed by atoms with Gasteiger partial charge in [-0.25, -0.2) is 0 Å². The number of pyridine rings is 1. The lowest BCUT2D eigenvalue weighted by Crippen LogP contribution is -2.12. The fourth-order valence-electron chi connectivity index (χ4n) is 2.42. The predicted octanol–water partition coefficient (Wildman–Crippen LogP) is 3.90. The fourth-order valence-corrected chi connectivity index (χ4v) is 2.42. The van der Waals surface area contributed by atoms with Gasteiger partial charge in [0.25, 0.3) is 0 Å². The van der Waals surface area contributed by atoms with E-state index in [4.69, 9.17) is 10.00 Å². The van der Waals surface area contributed by atoms with Crippen LogP contribution in [0.5, 0.6) is 5.88 Å². The maximum atomic E-state index is 12.1. The molecule has 0 aliphatic carbocycles.